The van der Waals surface area contributed by atoms with Crippen LogP contribution in [0.5, 0.6) is 0 Å². The monoisotopic (exact) mass is 437 g/mol. The molecule has 30 heavy (non-hydrogen) atoms. The van der Waals surface area contributed by atoms with Crippen molar-refractivity contribution in [1.29, 1.82) is 0 Å². The molecule has 0 saturated carbocycles. The summed E-state index contributed by atoms with van der Waals surface area (Å²) in [5.74, 6) is -0.933. The van der Waals surface area contributed by atoms with Crippen LogP contribution < -0.4 is 5.32 Å². The van der Waals surface area contributed by atoms with Gasteiger partial charge in [-0.05, 0) is 60.3 Å². The number of carbonyl (C=O) groups is 3. The predicted molar refractivity (Wildman–Crippen MR) is 127 cm³/mol. The smallest absolute Gasteiger partial charge is 0.304 e. The number of Topliss-reactive ketones (excluding diaryl/α,β-unsaturated/α-hetero) is 1. The molecule has 2 atom stereocenters. The average molecular weight is 438 g/mol. The first-order chi connectivity index (χ1) is 14.0. The topological polar surface area (TPSA) is 83.5 Å². The quantitative estimate of drug-likeness (QED) is 0.267. The Kier molecular flexibility index (Phi) is 15.0. The van der Waals surface area contributed by atoms with Crippen molar-refractivity contribution in [1.82, 2.24) is 5.32 Å². The van der Waals surface area contributed by atoms with Crippen LogP contribution in [0.1, 0.15) is 73.6 Å². The molecule has 0 aliphatic rings. The van der Waals surface area contributed by atoms with E-state index in [4.69, 9.17) is 5.11 Å². The first kappa shape index (κ1) is 28.2. The molecule has 2 N–H and O–H groups in total. The molecule has 0 aromatic rings. The molecule has 0 rings (SSSR count). The fraction of sp³-hybridized carbons (Fsp3) is 0.625. The van der Waals surface area contributed by atoms with Crippen molar-refractivity contribution in [3.05, 3.63) is 34.9 Å². The van der Waals surface area contributed by atoms with Crippen LogP contribution in [0.25, 0.3) is 0 Å². The summed E-state index contributed by atoms with van der Waals surface area (Å²) in [5, 5.41) is 11.5. The van der Waals surface area contributed by atoms with E-state index in [2.05, 4.69) is 51.2 Å². The van der Waals surface area contributed by atoms with Gasteiger partial charge in [-0.25, -0.2) is 0 Å². The minimum absolute atomic E-state index is 0.118. The van der Waals surface area contributed by atoms with Gasteiger partial charge in [-0.15, -0.1) is 0 Å². The summed E-state index contributed by atoms with van der Waals surface area (Å²) in [4.78, 5) is 34.6. The highest BCUT2D eigenvalue weighted by atomic mass is 32.2. The molecule has 0 aromatic carbocycles. The number of amides is 1. The van der Waals surface area contributed by atoms with Gasteiger partial charge >= 0.3 is 5.97 Å². The normalized spacial score (nSPS) is 14.1. The maximum atomic E-state index is 12.1. The lowest BCUT2D eigenvalue weighted by Gasteiger charge is -2.17. The molecule has 0 aromatic heterocycles. The molecule has 0 fully saturated rings. The van der Waals surface area contributed by atoms with Crippen LogP contribution in [0.4, 0.5) is 0 Å². The molecule has 0 bridgehead atoms. The fourth-order valence-corrected chi connectivity index (χ4v) is 3.75. The van der Waals surface area contributed by atoms with Gasteiger partial charge in [0.15, 0.2) is 5.78 Å². The largest absolute Gasteiger partial charge is 0.481 e. The molecule has 0 radical (unpaired) electrons. The Morgan fingerprint density at radius 3 is 2.03 bits per heavy atom. The summed E-state index contributed by atoms with van der Waals surface area (Å²) in [6.07, 6.45) is 10.7. The highest BCUT2D eigenvalue weighted by Gasteiger charge is 2.22. The molecule has 0 aliphatic carbocycles. The van der Waals surface area contributed by atoms with Crippen LogP contribution in [0, 0.1) is 5.92 Å². The zero-order valence-electron chi connectivity index (χ0n) is 19.4. The summed E-state index contributed by atoms with van der Waals surface area (Å²) >= 11 is 1.59. The summed E-state index contributed by atoms with van der Waals surface area (Å²) < 4.78 is 0. The minimum Gasteiger partial charge on any atom is -0.481 e. The van der Waals surface area contributed by atoms with Crippen molar-refractivity contribution >= 4 is 29.4 Å². The van der Waals surface area contributed by atoms with E-state index in [9.17, 15) is 14.4 Å². The number of allylic oxidation sites excluding steroid dienone is 5. The van der Waals surface area contributed by atoms with Crippen LogP contribution in [0.2, 0.25) is 0 Å². The second-order valence-electron chi connectivity index (χ2n) is 8.17. The van der Waals surface area contributed by atoms with Crippen molar-refractivity contribution in [2.45, 2.75) is 79.7 Å². The van der Waals surface area contributed by atoms with Gasteiger partial charge in [0.05, 0.1) is 12.5 Å². The van der Waals surface area contributed by atoms with Crippen molar-refractivity contribution in [3.63, 3.8) is 0 Å². The molecule has 1 amide bonds. The Labute approximate surface area is 186 Å². The van der Waals surface area contributed by atoms with Crippen LogP contribution in [0.15, 0.2) is 34.9 Å². The number of thioether (sulfide) groups is 1. The Bertz CT molecular complexity index is 660. The third-order valence-electron chi connectivity index (χ3n) is 4.69. The van der Waals surface area contributed by atoms with Crippen LogP contribution in [0.3, 0.4) is 0 Å². The summed E-state index contributed by atoms with van der Waals surface area (Å²) in [7, 11) is 0. The van der Waals surface area contributed by atoms with Gasteiger partial charge in [0, 0.05) is 17.4 Å². The number of nitrogens with one attached hydrogen (secondary N) is 1. The second kappa shape index (κ2) is 15.9. The van der Waals surface area contributed by atoms with E-state index >= 15 is 0 Å². The number of hydrogen-bond acceptors (Lipinski definition) is 4. The first-order valence-corrected chi connectivity index (χ1v) is 11.7. The van der Waals surface area contributed by atoms with Crippen molar-refractivity contribution in [3.8, 4) is 0 Å². The van der Waals surface area contributed by atoms with Gasteiger partial charge in [-0.1, -0.05) is 41.9 Å². The van der Waals surface area contributed by atoms with Gasteiger partial charge in [0.1, 0.15) is 0 Å². The lowest BCUT2D eigenvalue weighted by molar-refractivity contribution is -0.141. The molecule has 170 valence electrons. The van der Waals surface area contributed by atoms with Gasteiger partial charge in [-0.3, -0.25) is 14.4 Å². The SMILES string of the molecule is CC(=O)[C@H](CSC/C=C(\C)CC/C=C(\C)CCC=C(C)C)NC(=O)C(C)CC(=O)O. The van der Waals surface area contributed by atoms with Gasteiger partial charge in [-0.2, -0.15) is 11.8 Å². The third kappa shape index (κ3) is 15.1. The number of carboxylic acid groups (broad SMARTS) is 1. The van der Waals surface area contributed by atoms with E-state index in [0.717, 1.165) is 31.4 Å². The number of carboxylic acids is 1. The minimum atomic E-state index is -1.02. The average Bonchev–Trinajstić information content (AvgIpc) is 2.62. The van der Waals surface area contributed by atoms with E-state index in [0.29, 0.717) is 5.75 Å². The summed E-state index contributed by atoms with van der Waals surface area (Å²) in [5.41, 5.74) is 4.10. The van der Waals surface area contributed by atoms with E-state index in [1.54, 1.807) is 18.7 Å². The van der Waals surface area contributed by atoms with E-state index < -0.39 is 23.8 Å². The summed E-state index contributed by atoms with van der Waals surface area (Å²) in [6.45, 7) is 11.5. The molecule has 5 nitrogen and oxygen atoms in total. The Morgan fingerprint density at radius 1 is 0.933 bits per heavy atom. The number of carbonyl (C=O) groups excluding carboxylic acids is 2. The predicted octanol–water partition coefficient (Wildman–Crippen LogP) is 5.32. The molecular weight excluding hydrogens is 398 g/mol. The molecule has 0 spiro atoms. The van der Waals surface area contributed by atoms with E-state index in [-0.39, 0.29) is 12.2 Å². The van der Waals surface area contributed by atoms with E-state index in [1.807, 2.05) is 0 Å². The highest BCUT2D eigenvalue weighted by Crippen LogP contribution is 2.13. The molecule has 1 unspecified atom stereocenters. The Hall–Kier alpha value is -1.82. The molecule has 6 heteroatoms. The maximum Gasteiger partial charge on any atom is 0.304 e. The molecule has 0 saturated heterocycles. The lowest BCUT2D eigenvalue weighted by Crippen LogP contribution is -2.44. The maximum absolute atomic E-state index is 12.1. The number of hydrogen-bond donors (Lipinski definition) is 2. The first-order valence-electron chi connectivity index (χ1n) is 10.6. The van der Waals surface area contributed by atoms with Crippen LogP contribution in [-0.2, 0) is 14.4 Å². The van der Waals surface area contributed by atoms with Crippen LogP contribution in [-0.4, -0.2) is 40.3 Å². The standard InChI is InChI=1S/C24H39NO4S/c1-17(2)9-7-10-18(3)11-8-12-19(4)13-14-30-16-22(21(6)26)25-24(29)20(5)15-23(27)28/h9,11,13,20,22H,7-8,10,12,14-16H2,1-6H3,(H,25,29)(H,27,28)/b18-11+,19-13+/t20?,22-/m0/s1. The molecule has 0 heterocycles. The van der Waals surface area contributed by atoms with Crippen molar-refractivity contribution in [2.24, 2.45) is 5.92 Å². The second-order valence-corrected chi connectivity index (χ2v) is 9.24. The lowest BCUT2D eigenvalue weighted by atomic mass is 10.1. The Balaban J connectivity index is 4.31. The zero-order valence-corrected chi connectivity index (χ0v) is 20.2. The zero-order chi connectivity index (χ0) is 23.1. The highest BCUT2D eigenvalue weighted by molar-refractivity contribution is 7.99. The van der Waals surface area contributed by atoms with Crippen molar-refractivity contribution in [2.75, 3.05) is 11.5 Å². The van der Waals surface area contributed by atoms with Crippen LogP contribution >= 0.6 is 11.8 Å². The Morgan fingerprint density at radius 2 is 1.50 bits per heavy atom. The van der Waals surface area contributed by atoms with Crippen molar-refractivity contribution < 1.29 is 19.5 Å². The van der Waals surface area contributed by atoms with Gasteiger partial charge in [0.25, 0.3) is 0 Å². The number of rotatable bonds is 15. The van der Waals surface area contributed by atoms with Gasteiger partial charge < -0.3 is 10.4 Å². The third-order valence-corrected chi connectivity index (χ3v) is 5.66. The number of ketones is 1. The summed E-state index contributed by atoms with van der Waals surface area (Å²) in [6, 6.07) is -0.584. The van der Waals surface area contributed by atoms with E-state index in [1.165, 1.54) is 23.6 Å². The number of aliphatic carboxylic acids is 1. The van der Waals surface area contributed by atoms with Gasteiger partial charge in [0.2, 0.25) is 5.91 Å². The molecular formula is C24H39NO4S. The fourth-order valence-electron chi connectivity index (χ4n) is 2.66. The molecule has 0 aliphatic heterocycles.